The molecule has 0 saturated heterocycles. The zero-order valence-electron chi connectivity index (χ0n) is 17.9. The van der Waals surface area contributed by atoms with E-state index in [1.807, 2.05) is 12.1 Å². The highest BCUT2D eigenvalue weighted by atomic mass is 28.4. The fraction of sp³-hybridized carbons (Fsp3) is 0.318. The van der Waals surface area contributed by atoms with Crippen molar-refractivity contribution < 1.29 is 21.0 Å². The first kappa shape index (κ1) is 29.9. The van der Waals surface area contributed by atoms with Gasteiger partial charge in [-0.25, -0.2) is 10.1 Å². The van der Waals surface area contributed by atoms with Gasteiger partial charge in [0, 0.05) is 17.6 Å². The monoisotopic (exact) mass is 426 g/mol. The van der Waals surface area contributed by atoms with E-state index >= 15 is 0 Å². The lowest BCUT2D eigenvalue weighted by atomic mass is 10.3. The number of allylic oxidation sites excluding steroid dienone is 2. The van der Waals surface area contributed by atoms with E-state index in [2.05, 4.69) is 97.5 Å². The predicted octanol–water partition coefficient (Wildman–Crippen LogP) is 4.60. The Kier molecular flexibility index (Phi) is 23.6. The average Bonchev–Trinajstić information content (AvgIpc) is 2.59. The Balaban J connectivity index is -0.0000000292. The minimum Gasteiger partial charge on any atom is -0.532 e. The maximum Gasteiger partial charge on any atom is 0.244 e. The molecule has 0 saturated carbocycles. The molecule has 0 aromatic heterocycles. The molecule has 0 amide bonds. The van der Waals surface area contributed by atoms with E-state index in [4.69, 9.17) is 16.1 Å². The van der Waals surface area contributed by atoms with Crippen LogP contribution in [0.5, 0.6) is 0 Å². The summed E-state index contributed by atoms with van der Waals surface area (Å²) in [5.74, 6) is 22.5. The Morgan fingerprint density at radius 3 is 2.07 bits per heavy atom. The molecule has 6 heteroatoms. The van der Waals surface area contributed by atoms with Crippen molar-refractivity contribution in [2.75, 3.05) is 0 Å². The lowest BCUT2D eigenvalue weighted by Crippen LogP contribution is -2.24. The van der Waals surface area contributed by atoms with E-state index in [-0.39, 0.29) is 11.4 Å². The molecule has 0 radical (unpaired) electrons. The molecule has 0 aliphatic carbocycles. The molecule has 0 fully saturated rings. The van der Waals surface area contributed by atoms with Gasteiger partial charge in [-0.15, -0.1) is 6.42 Å². The SMILES string of the molecule is C#CC#CC#CC#CC#CC.C=C(N=C/C(C)=C/CC)O[Si](C)(C)C.ON[SiH3].[HH].[HH].[HH].[HH].[HH].[HH].[HH].[HH]. The maximum absolute atomic E-state index is 7.38. The molecular formula is C22H46N2O2Si2. The summed E-state index contributed by atoms with van der Waals surface area (Å²) in [5.41, 5.74) is 1.15. The van der Waals surface area contributed by atoms with Crippen molar-refractivity contribution in [1.82, 2.24) is 5.15 Å². The van der Waals surface area contributed by atoms with Crippen LogP contribution in [0.2, 0.25) is 19.6 Å². The third kappa shape index (κ3) is 34.4. The summed E-state index contributed by atoms with van der Waals surface area (Å²) < 4.78 is 5.59. The molecule has 2 N–H and O–H groups in total. The lowest BCUT2D eigenvalue weighted by Gasteiger charge is -2.17. The summed E-state index contributed by atoms with van der Waals surface area (Å²) >= 11 is 0. The van der Waals surface area contributed by atoms with Crippen molar-refractivity contribution in [2.24, 2.45) is 4.99 Å². The summed E-state index contributed by atoms with van der Waals surface area (Å²) in [5, 5.41) is 9.27. The average molecular weight is 427 g/mol. The number of nitrogens with zero attached hydrogens (tertiary/aromatic N) is 1. The smallest absolute Gasteiger partial charge is 0.244 e. The van der Waals surface area contributed by atoms with E-state index in [0.29, 0.717) is 16.3 Å². The van der Waals surface area contributed by atoms with Crippen molar-refractivity contribution in [3.05, 3.63) is 24.1 Å². The van der Waals surface area contributed by atoms with Crippen molar-refractivity contribution in [3.63, 3.8) is 0 Å². The Morgan fingerprint density at radius 2 is 1.68 bits per heavy atom. The van der Waals surface area contributed by atoms with Crippen LogP contribution in [0.15, 0.2) is 29.1 Å². The van der Waals surface area contributed by atoms with Gasteiger partial charge in [0.1, 0.15) is 10.4 Å². The molecule has 0 bridgehead atoms. The molecule has 164 valence electrons. The van der Waals surface area contributed by atoms with Crippen molar-refractivity contribution in [1.29, 1.82) is 0 Å². The van der Waals surface area contributed by atoms with Gasteiger partial charge in [-0.2, -0.15) is 0 Å². The molecule has 0 aromatic carbocycles. The summed E-state index contributed by atoms with van der Waals surface area (Å²) in [6.07, 6.45) is 9.78. The Morgan fingerprint density at radius 1 is 1.21 bits per heavy atom. The number of hydrogen-bond acceptors (Lipinski definition) is 4. The van der Waals surface area contributed by atoms with Crippen molar-refractivity contribution in [3.8, 4) is 59.7 Å². The summed E-state index contributed by atoms with van der Waals surface area (Å²) in [4.78, 5) is 4.15. The van der Waals surface area contributed by atoms with Crippen LogP contribution in [0.4, 0.5) is 0 Å². The zero-order valence-corrected chi connectivity index (χ0v) is 20.9. The van der Waals surface area contributed by atoms with Gasteiger partial charge in [-0.1, -0.05) is 18.9 Å². The Hall–Kier alpha value is -2.90. The molecular weight excluding hydrogens is 380 g/mol. The van der Waals surface area contributed by atoms with Gasteiger partial charge in [-0.05, 0) is 99.4 Å². The molecule has 0 aliphatic heterocycles. The fourth-order valence-corrected chi connectivity index (χ4v) is 1.94. The molecule has 0 unspecified atom stereocenters. The van der Waals surface area contributed by atoms with Gasteiger partial charge in [0.25, 0.3) is 0 Å². The van der Waals surface area contributed by atoms with Crippen LogP contribution in [0.1, 0.15) is 38.6 Å². The lowest BCUT2D eigenvalue weighted by molar-refractivity contribution is 0.250. The van der Waals surface area contributed by atoms with E-state index in [0.717, 1.165) is 12.0 Å². The topological polar surface area (TPSA) is 53.9 Å². The molecule has 0 atom stereocenters. The van der Waals surface area contributed by atoms with E-state index < -0.39 is 8.32 Å². The second kappa shape index (κ2) is 22.1. The van der Waals surface area contributed by atoms with Crippen LogP contribution in [0.25, 0.3) is 0 Å². The highest BCUT2D eigenvalue weighted by molar-refractivity contribution is 6.70. The molecule has 4 nitrogen and oxygen atoms in total. The van der Waals surface area contributed by atoms with Gasteiger partial charge < -0.3 is 9.63 Å². The van der Waals surface area contributed by atoms with Crippen LogP contribution in [-0.4, -0.2) is 30.1 Å². The number of aliphatic imine (C=N–C) groups is 1. The van der Waals surface area contributed by atoms with Gasteiger partial charge >= 0.3 is 0 Å². The Bertz CT molecular complexity index is 826. The van der Waals surface area contributed by atoms with E-state index in [1.165, 1.54) is 0 Å². The minimum atomic E-state index is -1.54. The largest absolute Gasteiger partial charge is 0.532 e. The first-order valence-electron chi connectivity index (χ1n) is 8.45. The van der Waals surface area contributed by atoms with Crippen LogP contribution in [-0.2, 0) is 4.43 Å². The van der Waals surface area contributed by atoms with Gasteiger partial charge in [-0.3, -0.25) is 0 Å². The van der Waals surface area contributed by atoms with Crippen LogP contribution in [0, 0.1) is 59.7 Å². The quantitative estimate of drug-likeness (QED) is 0.222. The predicted molar refractivity (Wildman–Crippen MR) is 143 cm³/mol. The second-order valence-electron chi connectivity index (χ2n) is 5.72. The first-order valence-corrected chi connectivity index (χ1v) is 12.9. The normalized spacial score (nSPS) is 8.86. The maximum atomic E-state index is 7.38. The highest BCUT2D eigenvalue weighted by Crippen LogP contribution is 2.09. The van der Waals surface area contributed by atoms with Gasteiger partial charge in [0.2, 0.25) is 8.32 Å². The molecule has 0 aliphatic rings. The molecule has 0 rings (SSSR count). The Labute approximate surface area is 187 Å². The number of terminal acetylenes is 1. The van der Waals surface area contributed by atoms with Gasteiger partial charge in [0.05, 0.1) is 0 Å². The summed E-state index contributed by atoms with van der Waals surface area (Å²) in [6, 6.07) is 0. The van der Waals surface area contributed by atoms with Crippen LogP contribution < -0.4 is 5.15 Å². The number of hydrogen-bond donors (Lipinski definition) is 2. The third-order valence-corrected chi connectivity index (χ3v) is 2.78. The van der Waals surface area contributed by atoms with Gasteiger partial charge in [0.15, 0.2) is 5.88 Å². The van der Waals surface area contributed by atoms with E-state index in [9.17, 15) is 0 Å². The van der Waals surface area contributed by atoms with Crippen LogP contribution in [0.3, 0.4) is 0 Å². The molecule has 0 aromatic rings. The summed E-state index contributed by atoms with van der Waals surface area (Å²) in [6.45, 7) is 15.9. The molecule has 0 heterocycles. The fourth-order valence-electron chi connectivity index (χ4n) is 1.18. The molecule has 0 spiro atoms. The standard InChI is InChI=1S/C11H21NOSi.C11H4.H5NOSi.8H2/c1-7-8-10(2)9-12-11(3)13-14(4,5)6;1-3-5-7-9-11-10-8-6-4-2;2-1-3;;;;;;;;/h8-9H,3,7H2,1-2,4-6H3;1H,2H3;1-2H,3H3;8*1H/b10-8+,12-9?;;;;;;;;;;. The minimum absolute atomic E-state index is 0. The molecule has 28 heavy (non-hydrogen) atoms. The number of nitrogens with one attached hydrogen (secondary N) is 1. The highest BCUT2D eigenvalue weighted by Gasteiger charge is 2.15. The van der Waals surface area contributed by atoms with Crippen molar-refractivity contribution in [2.45, 2.75) is 46.8 Å². The number of rotatable bonds is 5. The third-order valence-electron chi connectivity index (χ3n) is 1.93. The first-order chi connectivity index (χ1) is 13.2. The summed E-state index contributed by atoms with van der Waals surface area (Å²) in [7, 11) is -0.869. The van der Waals surface area contributed by atoms with Crippen molar-refractivity contribution >= 4 is 24.9 Å². The zero-order chi connectivity index (χ0) is 22.3. The van der Waals surface area contributed by atoms with Crippen LogP contribution >= 0.6 is 0 Å². The van der Waals surface area contributed by atoms with E-state index in [1.54, 1.807) is 13.1 Å². The second-order valence-corrected chi connectivity index (χ2v) is 10.6.